The van der Waals surface area contributed by atoms with Crippen molar-refractivity contribution in [3.05, 3.63) is 71.3 Å². The van der Waals surface area contributed by atoms with E-state index in [0.29, 0.717) is 11.5 Å². The van der Waals surface area contributed by atoms with Gasteiger partial charge in [0.1, 0.15) is 6.04 Å². The van der Waals surface area contributed by atoms with Gasteiger partial charge in [0.25, 0.3) is 0 Å². The minimum absolute atomic E-state index is 0.0129. The average Bonchev–Trinajstić information content (AvgIpc) is 3.00. The maximum absolute atomic E-state index is 10.7. The molecule has 120 valence electrons. The maximum Gasteiger partial charge on any atom is 0.217 e. The largest absolute Gasteiger partial charge is 0.772 e. The van der Waals surface area contributed by atoms with Crippen LogP contribution in [-0.2, 0) is 21.6 Å². The van der Waals surface area contributed by atoms with E-state index in [1.165, 1.54) is 0 Å². The number of rotatable bonds is 5. The molecule has 0 saturated heterocycles. The number of hydrogen-bond donors (Lipinski definition) is 1. The summed E-state index contributed by atoms with van der Waals surface area (Å²) >= 11 is -2.11. The quantitative estimate of drug-likeness (QED) is 0.850. The summed E-state index contributed by atoms with van der Waals surface area (Å²) in [6.07, 6.45) is -0.373. The van der Waals surface area contributed by atoms with Gasteiger partial charge in [-0.25, -0.2) is 4.99 Å². The molecule has 0 amide bonds. The molecule has 0 saturated carbocycles. The first-order chi connectivity index (χ1) is 11.2. The van der Waals surface area contributed by atoms with Crippen molar-refractivity contribution in [3.63, 3.8) is 0 Å². The molecule has 1 aliphatic heterocycles. The van der Waals surface area contributed by atoms with Crippen LogP contribution in [0.4, 0.5) is 0 Å². The Morgan fingerprint density at radius 2 is 1.83 bits per heavy atom. The van der Waals surface area contributed by atoms with Crippen molar-refractivity contribution >= 4 is 17.0 Å². The standard InChI is InChI=1S/C17H17NO4S/c19-10-15-16(13-8-6-12(7-9-13)11-23(20)21)22-17(18-15)14-4-2-1-3-5-14/h1-9,15-16,19H,10-11H2,(H,20,21)/p-1/t15-,16-/m1/s1. The Labute approximate surface area is 136 Å². The predicted octanol–water partition coefficient (Wildman–Crippen LogP) is 1.94. The van der Waals surface area contributed by atoms with Crippen LogP contribution in [0.2, 0.25) is 0 Å². The fraction of sp³-hybridized carbons (Fsp3) is 0.235. The van der Waals surface area contributed by atoms with Crippen LogP contribution < -0.4 is 0 Å². The van der Waals surface area contributed by atoms with Crippen molar-refractivity contribution in [1.82, 2.24) is 0 Å². The van der Waals surface area contributed by atoms with Crippen LogP contribution in [0.15, 0.2) is 59.6 Å². The van der Waals surface area contributed by atoms with Crippen LogP contribution >= 0.6 is 0 Å². The molecule has 6 heteroatoms. The molecule has 0 spiro atoms. The van der Waals surface area contributed by atoms with E-state index in [4.69, 9.17) is 4.74 Å². The highest BCUT2D eigenvalue weighted by atomic mass is 32.2. The molecule has 3 atom stereocenters. The summed E-state index contributed by atoms with van der Waals surface area (Å²) < 4.78 is 27.4. The number of aliphatic imine (C=N–C) groups is 1. The number of aliphatic hydroxyl groups excluding tert-OH is 1. The summed E-state index contributed by atoms with van der Waals surface area (Å²) in [6.45, 7) is -0.118. The summed E-state index contributed by atoms with van der Waals surface area (Å²) in [5.41, 5.74) is 2.44. The molecule has 1 N–H and O–H groups in total. The molecular weight excluding hydrogens is 314 g/mol. The van der Waals surface area contributed by atoms with Gasteiger partial charge in [-0.1, -0.05) is 53.5 Å². The van der Waals surface area contributed by atoms with E-state index >= 15 is 0 Å². The van der Waals surface area contributed by atoms with Crippen LogP contribution in [0.5, 0.6) is 0 Å². The molecule has 0 bridgehead atoms. The van der Waals surface area contributed by atoms with Crippen molar-refractivity contribution in [2.75, 3.05) is 6.61 Å². The molecular formula is C17H16NO4S-. The van der Waals surface area contributed by atoms with Gasteiger partial charge >= 0.3 is 0 Å². The second-order valence-corrected chi connectivity index (χ2v) is 6.17. The lowest BCUT2D eigenvalue weighted by atomic mass is 10.0. The second kappa shape index (κ2) is 7.04. The Hall–Kier alpha value is -2.02. The van der Waals surface area contributed by atoms with Crippen LogP contribution in [0.25, 0.3) is 0 Å². The Bertz CT molecular complexity index is 715. The third kappa shape index (κ3) is 3.67. The van der Waals surface area contributed by atoms with Gasteiger partial charge in [-0.15, -0.1) is 0 Å². The summed E-state index contributed by atoms with van der Waals surface area (Å²) in [7, 11) is 0. The number of benzene rings is 2. The van der Waals surface area contributed by atoms with Crippen LogP contribution in [0.1, 0.15) is 22.8 Å². The first-order valence-electron chi connectivity index (χ1n) is 7.23. The summed E-state index contributed by atoms with van der Waals surface area (Å²) in [5.74, 6) is 0.500. The first-order valence-corrected chi connectivity index (χ1v) is 8.47. The molecule has 2 aromatic carbocycles. The summed E-state index contributed by atoms with van der Waals surface area (Å²) in [5, 5.41) is 9.57. The zero-order valence-corrected chi connectivity index (χ0v) is 13.1. The molecule has 0 aromatic heterocycles. The van der Waals surface area contributed by atoms with Crippen molar-refractivity contribution in [3.8, 4) is 0 Å². The minimum atomic E-state index is -2.11. The molecule has 3 rings (SSSR count). The molecule has 1 unspecified atom stereocenters. The Morgan fingerprint density at radius 1 is 1.13 bits per heavy atom. The van der Waals surface area contributed by atoms with Gasteiger partial charge in [0.05, 0.1) is 6.61 Å². The van der Waals surface area contributed by atoms with Gasteiger partial charge < -0.3 is 14.4 Å². The van der Waals surface area contributed by atoms with Crippen molar-refractivity contribution < 1.29 is 18.6 Å². The Kier molecular flexibility index (Phi) is 4.85. The highest BCUT2D eigenvalue weighted by Gasteiger charge is 2.32. The van der Waals surface area contributed by atoms with E-state index in [1.807, 2.05) is 42.5 Å². The molecule has 0 radical (unpaired) electrons. The lowest BCUT2D eigenvalue weighted by Gasteiger charge is -2.17. The Balaban J connectivity index is 1.79. The Morgan fingerprint density at radius 3 is 2.43 bits per heavy atom. The van der Waals surface area contributed by atoms with E-state index < -0.39 is 11.1 Å². The van der Waals surface area contributed by atoms with Gasteiger partial charge in [0.2, 0.25) is 5.90 Å². The molecule has 1 heterocycles. The summed E-state index contributed by atoms with van der Waals surface area (Å²) in [4.78, 5) is 4.45. The monoisotopic (exact) mass is 330 g/mol. The van der Waals surface area contributed by atoms with Gasteiger partial charge in [-0.05, 0) is 23.3 Å². The third-order valence-corrected chi connectivity index (χ3v) is 4.24. The number of hydrogen-bond acceptors (Lipinski definition) is 5. The molecule has 1 aliphatic rings. The van der Waals surface area contributed by atoms with Crippen LogP contribution in [0.3, 0.4) is 0 Å². The van der Waals surface area contributed by atoms with Gasteiger partial charge in [0, 0.05) is 11.3 Å². The van der Waals surface area contributed by atoms with Crippen LogP contribution in [-0.4, -0.2) is 32.4 Å². The second-order valence-electron chi connectivity index (χ2n) is 5.28. The lowest BCUT2D eigenvalue weighted by Crippen LogP contribution is -2.18. The zero-order valence-electron chi connectivity index (χ0n) is 12.3. The smallest absolute Gasteiger partial charge is 0.217 e. The molecule has 2 aromatic rings. The predicted molar refractivity (Wildman–Crippen MR) is 86.7 cm³/mol. The van der Waals surface area contributed by atoms with E-state index in [-0.39, 0.29) is 24.5 Å². The maximum atomic E-state index is 10.7. The third-order valence-electron chi connectivity index (χ3n) is 3.67. The minimum Gasteiger partial charge on any atom is -0.772 e. The SMILES string of the molecule is O=S([O-])Cc1ccc([C@H]2OC(c3ccccc3)=N[C@@H]2CO)cc1. The molecule has 5 nitrogen and oxygen atoms in total. The molecule has 0 aliphatic carbocycles. The highest BCUT2D eigenvalue weighted by molar-refractivity contribution is 7.78. The van der Waals surface area contributed by atoms with Crippen LogP contribution in [0, 0.1) is 0 Å². The van der Waals surface area contributed by atoms with E-state index in [9.17, 15) is 13.9 Å². The van der Waals surface area contributed by atoms with Gasteiger partial charge in [0.15, 0.2) is 6.10 Å². The van der Waals surface area contributed by atoms with Crippen molar-refractivity contribution in [1.29, 1.82) is 0 Å². The fourth-order valence-electron chi connectivity index (χ4n) is 2.54. The normalized spacial score (nSPS) is 21.6. The van der Waals surface area contributed by atoms with E-state index in [1.54, 1.807) is 12.1 Å². The number of nitrogens with zero attached hydrogens (tertiary/aromatic N) is 1. The van der Waals surface area contributed by atoms with Gasteiger partial charge in [-0.2, -0.15) is 0 Å². The van der Waals surface area contributed by atoms with Crippen molar-refractivity contribution in [2.24, 2.45) is 4.99 Å². The highest BCUT2D eigenvalue weighted by Crippen LogP contribution is 2.31. The molecule has 0 fully saturated rings. The number of aliphatic hydroxyl groups is 1. The first kappa shape index (κ1) is 15.9. The van der Waals surface area contributed by atoms with E-state index in [2.05, 4.69) is 4.99 Å². The topological polar surface area (TPSA) is 82.0 Å². The fourth-order valence-corrected chi connectivity index (χ4v) is 3.00. The van der Waals surface area contributed by atoms with E-state index in [0.717, 1.165) is 11.1 Å². The average molecular weight is 330 g/mol. The van der Waals surface area contributed by atoms with Crippen molar-refractivity contribution in [2.45, 2.75) is 17.9 Å². The number of ether oxygens (including phenoxy) is 1. The summed E-state index contributed by atoms with van der Waals surface area (Å²) in [6, 6.07) is 16.3. The van der Waals surface area contributed by atoms with Gasteiger partial charge in [-0.3, -0.25) is 4.21 Å². The lowest BCUT2D eigenvalue weighted by molar-refractivity contribution is 0.152. The molecule has 23 heavy (non-hydrogen) atoms. The zero-order chi connectivity index (χ0) is 16.2.